The Morgan fingerprint density at radius 1 is 1.26 bits per heavy atom. The summed E-state index contributed by atoms with van der Waals surface area (Å²) in [7, 11) is -3.15. The molecule has 1 rings (SSSR count). The van der Waals surface area contributed by atoms with Gasteiger partial charge in [0.1, 0.15) is 0 Å². The van der Waals surface area contributed by atoms with E-state index in [9.17, 15) is 13.2 Å². The van der Waals surface area contributed by atoms with E-state index in [1.165, 1.54) is 4.31 Å². The standard InChI is InChI=1S/C12H24N2O4S/c1-3-10-19(17,18)14-8-6-13(7-9-14)12(16)5-4-11(2)15/h11,15H,3-10H2,1-2H3. The van der Waals surface area contributed by atoms with Crippen LogP contribution in [-0.4, -0.2) is 66.7 Å². The zero-order chi connectivity index (χ0) is 14.5. The molecule has 1 aliphatic heterocycles. The van der Waals surface area contributed by atoms with Gasteiger partial charge in [0, 0.05) is 32.6 Å². The molecule has 0 aromatic heterocycles. The van der Waals surface area contributed by atoms with Gasteiger partial charge in [-0.05, 0) is 19.8 Å². The molecule has 1 fully saturated rings. The van der Waals surface area contributed by atoms with Gasteiger partial charge < -0.3 is 10.0 Å². The molecule has 0 saturated carbocycles. The number of aliphatic hydroxyl groups is 1. The number of aliphatic hydroxyl groups excluding tert-OH is 1. The smallest absolute Gasteiger partial charge is 0.222 e. The van der Waals surface area contributed by atoms with Crippen LogP contribution < -0.4 is 0 Å². The van der Waals surface area contributed by atoms with Gasteiger partial charge in [-0.2, -0.15) is 4.31 Å². The van der Waals surface area contributed by atoms with E-state index in [1.807, 2.05) is 6.92 Å². The largest absolute Gasteiger partial charge is 0.393 e. The Kier molecular flexibility index (Phi) is 6.22. The Morgan fingerprint density at radius 3 is 2.32 bits per heavy atom. The maximum Gasteiger partial charge on any atom is 0.222 e. The van der Waals surface area contributed by atoms with E-state index in [2.05, 4.69) is 0 Å². The minimum Gasteiger partial charge on any atom is -0.393 e. The minimum atomic E-state index is -3.15. The first-order valence-corrected chi connectivity index (χ1v) is 8.41. The summed E-state index contributed by atoms with van der Waals surface area (Å²) in [6.45, 7) is 5.14. The molecule has 1 heterocycles. The number of amides is 1. The summed E-state index contributed by atoms with van der Waals surface area (Å²) in [5.41, 5.74) is 0. The van der Waals surface area contributed by atoms with Crippen LogP contribution in [0.15, 0.2) is 0 Å². The third kappa shape index (κ3) is 5.08. The van der Waals surface area contributed by atoms with Crippen molar-refractivity contribution in [2.75, 3.05) is 31.9 Å². The first-order valence-electron chi connectivity index (χ1n) is 6.80. The number of hydrogen-bond acceptors (Lipinski definition) is 4. The zero-order valence-corrected chi connectivity index (χ0v) is 12.5. The van der Waals surface area contributed by atoms with Gasteiger partial charge in [-0.3, -0.25) is 4.79 Å². The third-order valence-electron chi connectivity index (χ3n) is 3.22. The maximum atomic E-state index is 11.9. The van der Waals surface area contributed by atoms with Crippen molar-refractivity contribution in [2.45, 2.75) is 39.2 Å². The highest BCUT2D eigenvalue weighted by atomic mass is 32.2. The van der Waals surface area contributed by atoms with Crippen LogP contribution in [0.25, 0.3) is 0 Å². The van der Waals surface area contributed by atoms with E-state index in [0.29, 0.717) is 45.4 Å². The Hall–Kier alpha value is -0.660. The van der Waals surface area contributed by atoms with E-state index in [1.54, 1.807) is 11.8 Å². The normalized spacial score (nSPS) is 19.4. The van der Waals surface area contributed by atoms with E-state index < -0.39 is 16.1 Å². The molecular weight excluding hydrogens is 268 g/mol. The quantitative estimate of drug-likeness (QED) is 0.749. The second-order valence-corrected chi connectivity index (χ2v) is 7.07. The summed E-state index contributed by atoms with van der Waals surface area (Å²) in [6, 6.07) is 0. The molecule has 1 unspecified atom stereocenters. The van der Waals surface area contributed by atoms with Crippen molar-refractivity contribution in [2.24, 2.45) is 0 Å². The topological polar surface area (TPSA) is 77.9 Å². The molecule has 7 heteroatoms. The van der Waals surface area contributed by atoms with Gasteiger partial charge in [0.25, 0.3) is 0 Å². The van der Waals surface area contributed by atoms with Crippen LogP contribution in [-0.2, 0) is 14.8 Å². The molecular formula is C12H24N2O4S. The number of rotatable bonds is 6. The Labute approximate surface area is 115 Å². The van der Waals surface area contributed by atoms with Gasteiger partial charge in [0.2, 0.25) is 15.9 Å². The molecule has 0 aromatic carbocycles. The van der Waals surface area contributed by atoms with Crippen molar-refractivity contribution < 1.29 is 18.3 Å². The summed E-state index contributed by atoms with van der Waals surface area (Å²) in [5.74, 6) is 0.164. The van der Waals surface area contributed by atoms with Gasteiger partial charge in [-0.25, -0.2) is 8.42 Å². The molecule has 1 N–H and O–H groups in total. The van der Waals surface area contributed by atoms with Gasteiger partial charge in [-0.1, -0.05) is 6.92 Å². The first-order chi connectivity index (χ1) is 8.86. The van der Waals surface area contributed by atoms with Crippen LogP contribution in [0.5, 0.6) is 0 Å². The molecule has 1 saturated heterocycles. The lowest BCUT2D eigenvalue weighted by atomic mass is 10.2. The minimum absolute atomic E-state index is 0.00607. The first kappa shape index (κ1) is 16.4. The van der Waals surface area contributed by atoms with Crippen molar-refractivity contribution in [1.82, 2.24) is 9.21 Å². The highest BCUT2D eigenvalue weighted by molar-refractivity contribution is 7.89. The van der Waals surface area contributed by atoms with Gasteiger partial charge in [0.15, 0.2) is 0 Å². The lowest BCUT2D eigenvalue weighted by molar-refractivity contribution is -0.132. The van der Waals surface area contributed by atoms with Crippen LogP contribution >= 0.6 is 0 Å². The molecule has 0 spiro atoms. The average molecular weight is 292 g/mol. The molecule has 1 amide bonds. The number of sulfonamides is 1. The molecule has 0 aliphatic carbocycles. The fraction of sp³-hybridized carbons (Fsp3) is 0.917. The summed E-state index contributed by atoms with van der Waals surface area (Å²) in [5, 5.41) is 9.15. The van der Waals surface area contributed by atoms with Crippen molar-refractivity contribution >= 4 is 15.9 Å². The average Bonchev–Trinajstić information content (AvgIpc) is 2.36. The SMILES string of the molecule is CCCS(=O)(=O)N1CCN(C(=O)CCC(C)O)CC1. The zero-order valence-electron chi connectivity index (χ0n) is 11.7. The highest BCUT2D eigenvalue weighted by Crippen LogP contribution is 2.11. The Bertz CT molecular complexity index is 387. The van der Waals surface area contributed by atoms with Crippen molar-refractivity contribution in [3.8, 4) is 0 Å². The molecule has 6 nitrogen and oxygen atoms in total. The maximum absolute atomic E-state index is 11.9. The third-order valence-corrected chi connectivity index (χ3v) is 5.30. The summed E-state index contributed by atoms with van der Waals surface area (Å²) < 4.78 is 25.2. The molecule has 0 aromatic rings. The van der Waals surface area contributed by atoms with Gasteiger partial charge in [0.05, 0.1) is 11.9 Å². The fourth-order valence-electron chi connectivity index (χ4n) is 2.09. The summed E-state index contributed by atoms with van der Waals surface area (Å²) in [4.78, 5) is 13.5. The number of hydrogen-bond donors (Lipinski definition) is 1. The van der Waals surface area contributed by atoms with Gasteiger partial charge >= 0.3 is 0 Å². The molecule has 19 heavy (non-hydrogen) atoms. The summed E-state index contributed by atoms with van der Waals surface area (Å²) >= 11 is 0. The van der Waals surface area contributed by atoms with E-state index in [0.717, 1.165) is 0 Å². The van der Waals surface area contributed by atoms with E-state index >= 15 is 0 Å². The van der Waals surface area contributed by atoms with Crippen LogP contribution in [0.3, 0.4) is 0 Å². The lowest BCUT2D eigenvalue weighted by Crippen LogP contribution is -2.51. The molecule has 112 valence electrons. The Balaban J connectivity index is 2.42. The predicted octanol–water partition coefficient (Wildman–Crippen LogP) is 0.0314. The Morgan fingerprint density at radius 2 is 1.84 bits per heavy atom. The van der Waals surface area contributed by atoms with Crippen molar-refractivity contribution in [3.63, 3.8) is 0 Å². The number of nitrogens with zero attached hydrogens (tertiary/aromatic N) is 2. The monoisotopic (exact) mass is 292 g/mol. The van der Waals surface area contributed by atoms with Crippen LogP contribution in [0.1, 0.15) is 33.1 Å². The van der Waals surface area contributed by atoms with Crippen LogP contribution in [0, 0.1) is 0 Å². The molecule has 1 atom stereocenters. The van der Waals surface area contributed by atoms with Crippen molar-refractivity contribution in [1.29, 1.82) is 0 Å². The molecule has 0 bridgehead atoms. The van der Waals surface area contributed by atoms with E-state index in [4.69, 9.17) is 5.11 Å². The van der Waals surface area contributed by atoms with Crippen LogP contribution in [0.2, 0.25) is 0 Å². The number of carbonyl (C=O) groups is 1. The molecule has 0 radical (unpaired) electrons. The predicted molar refractivity (Wildman–Crippen MR) is 73.1 cm³/mol. The fourth-order valence-corrected chi connectivity index (χ4v) is 3.59. The number of piperazine rings is 1. The molecule has 1 aliphatic rings. The van der Waals surface area contributed by atoms with E-state index in [-0.39, 0.29) is 11.7 Å². The van der Waals surface area contributed by atoms with Crippen molar-refractivity contribution in [3.05, 3.63) is 0 Å². The lowest BCUT2D eigenvalue weighted by Gasteiger charge is -2.34. The van der Waals surface area contributed by atoms with Gasteiger partial charge in [-0.15, -0.1) is 0 Å². The second kappa shape index (κ2) is 7.21. The van der Waals surface area contributed by atoms with Crippen LogP contribution in [0.4, 0.5) is 0 Å². The summed E-state index contributed by atoms with van der Waals surface area (Å²) in [6.07, 6.45) is 0.901. The number of carbonyl (C=O) groups excluding carboxylic acids is 1. The highest BCUT2D eigenvalue weighted by Gasteiger charge is 2.27. The second-order valence-electron chi connectivity index (χ2n) is 4.98.